The first-order valence-corrected chi connectivity index (χ1v) is 8.42. The summed E-state index contributed by atoms with van der Waals surface area (Å²) in [5.41, 5.74) is 0. The Balaban J connectivity index is 4.61. The van der Waals surface area contributed by atoms with E-state index in [0.717, 1.165) is 0 Å². The van der Waals surface area contributed by atoms with Gasteiger partial charge in [-0.15, -0.1) is 0 Å². The van der Waals surface area contributed by atoms with Crippen LogP contribution in [0.2, 0.25) is 0 Å². The van der Waals surface area contributed by atoms with Gasteiger partial charge in [-0.3, -0.25) is 0 Å². The molecule has 0 aliphatic carbocycles. The van der Waals surface area contributed by atoms with Gasteiger partial charge in [0, 0.05) is 0 Å². The summed E-state index contributed by atoms with van der Waals surface area (Å²) in [6, 6.07) is 0. The molecule has 0 radical (unpaired) electrons. The van der Waals surface area contributed by atoms with E-state index >= 15 is 0 Å². The highest BCUT2D eigenvalue weighted by atomic mass is 79.9. The minimum atomic E-state index is -3.66. The highest BCUT2D eigenvalue weighted by molar-refractivity contribution is 9.09. The van der Waals surface area contributed by atoms with E-state index in [1.165, 1.54) is 0 Å². The van der Waals surface area contributed by atoms with Crippen molar-refractivity contribution in [2.75, 3.05) is 19.8 Å². The molecule has 0 fully saturated rings. The summed E-state index contributed by atoms with van der Waals surface area (Å²) >= 11 is 3.29. The highest BCUT2D eigenvalue weighted by Gasteiger charge is 2.53. The van der Waals surface area contributed by atoms with Gasteiger partial charge < -0.3 is 4.43 Å². The Morgan fingerprint density at radius 3 is 1.50 bits per heavy atom. The summed E-state index contributed by atoms with van der Waals surface area (Å²) in [5, 5.41) is -0.328. The third kappa shape index (κ3) is 7.76. The third-order valence-electron chi connectivity index (χ3n) is 1.43. The number of hydrogen-bond donors (Lipinski definition) is 0. The van der Waals surface area contributed by atoms with E-state index < -0.39 is 9.05 Å². The second-order valence-corrected chi connectivity index (χ2v) is 5.66. The second-order valence-electron chi connectivity index (χ2n) is 2.91. The normalized spacial score (nSPS) is 13.8. The van der Waals surface area contributed by atoms with Gasteiger partial charge in [-0.05, 0) is 27.2 Å². The van der Waals surface area contributed by atoms with E-state index in [1.54, 1.807) is 20.8 Å². The zero-order chi connectivity index (χ0) is 13.9. The van der Waals surface area contributed by atoms with E-state index in [2.05, 4.69) is 15.9 Å². The summed E-state index contributed by atoms with van der Waals surface area (Å²) in [6.07, 6.45) is 0.676. The topological polar surface area (TPSA) is 64.6 Å². The minimum Gasteiger partial charge on any atom is -0.334 e. The van der Waals surface area contributed by atoms with E-state index in [0.29, 0.717) is 26.2 Å². The van der Waals surface area contributed by atoms with Crippen LogP contribution in [0.1, 0.15) is 34.1 Å². The van der Waals surface area contributed by atoms with Crippen LogP contribution in [0.4, 0.5) is 0 Å². The van der Waals surface area contributed by atoms with Gasteiger partial charge in [0.1, 0.15) is 5.01 Å². The lowest BCUT2D eigenvalue weighted by Crippen LogP contribution is -2.50. The van der Waals surface area contributed by atoms with E-state index in [4.69, 9.17) is 32.8 Å². The molecule has 0 bridgehead atoms. The SMILES string of the molecule is CCOO[Si](OOCC)(OOCC)OC(Br)CC. The van der Waals surface area contributed by atoms with Crippen molar-refractivity contribution in [2.24, 2.45) is 0 Å². The zero-order valence-electron chi connectivity index (χ0n) is 11.1. The van der Waals surface area contributed by atoms with E-state index in [-0.39, 0.29) is 5.01 Å². The van der Waals surface area contributed by atoms with Crippen molar-refractivity contribution in [1.29, 1.82) is 0 Å². The predicted molar refractivity (Wildman–Crippen MR) is 68.0 cm³/mol. The number of halogens is 1. The molecular formula is C9H21BrO7Si. The summed E-state index contributed by atoms with van der Waals surface area (Å²) in [4.78, 5) is 14.5. The van der Waals surface area contributed by atoms with E-state index in [9.17, 15) is 0 Å². The smallest absolute Gasteiger partial charge is 0.334 e. The Morgan fingerprint density at radius 2 is 1.22 bits per heavy atom. The molecule has 0 aromatic rings. The van der Waals surface area contributed by atoms with Gasteiger partial charge in [0.2, 0.25) is 0 Å². The molecule has 0 spiro atoms. The first-order valence-electron chi connectivity index (χ1n) is 5.87. The molecule has 0 N–H and O–H groups in total. The number of hydrogen-bond acceptors (Lipinski definition) is 7. The fourth-order valence-corrected chi connectivity index (χ4v) is 2.89. The predicted octanol–water partition coefficient (Wildman–Crippen LogP) is 2.47. The van der Waals surface area contributed by atoms with Gasteiger partial charge in [0.25, 0.3) is 0 Å². The monoisotopic (exact) mass is 348 g/mol. The Morgan fingerprint density at radius 1 is 0.833 bits per heavy atom. The fourth-order valence-electron chi connectivity index (χ4n) is 0.734. The van der Waals surface area contributed by atoms with Gasteiger partial charge in [-0.25, -0.2) is 14.7 Å². The van der Waals surface area contributed by atoms with Crippen LogP contribution in [0.15, 0.2) is 0 Å². The van der Waals surface area contributed by atoms with Crippen LogP contribution in [0, 0.1) is 0 Å². The molecule has 0 amide bonds. The number of alkyl halides is 1. The first-order chi connectivity index (χ1) is 8.64. The Hall–Kier alpha value is 0.417. The van der Waals surface area contributed by atoms with Crippen LogP contribution in [-0.2, 0) is 32.8 Å². The molecule has 1 unspecified atom stereocenters. The molecule has 0 saturated heterocycles. The summed E-state index contributed by atoms with van der Waals surface area (Å²) < 4.78 is 20.7. The molecule has 0 heterocycles. The third-order valence-corrected chi connectivity index (χ3v) is 4.15. The van der Waals surface area contributed by atoms with Crippen LogP contribution in [0.5, 0.6) is 0 Å². The van der Waals surface area contributed by atoms with Crippen molar-refractivity contribution in [1.82, 2.24) is 0 Å². The lowest BCUT2D eigenvalue weighted by atomic mass is 10.5. The number of rotatable bonds is 12. The van der Waals surface area contributed by atoms with Crippen molar-refractivity contribution >= 4 is 25.0 Å². The highest BCUT2D eigenvalue weighted by Crippen LogP contribution is 2.20. The molecule has 0 aliphatic rings. The minimum absolute atomic E-state index is 0.308. The molecule has 0 aromatic heterocycles. The molecule has 1 atom stereocenters. The molecule has 7 nitrogen and oxygen atoms in total. The Bertz CT molecular complexity index is 176. The maximum atomic E-state index is 5.51. The van der Waals surface area contributed by atoms with Crippen molar-refractivity contribution < 1.29 is 32.8 Å². The molecule has 9 heteroatoms. The molecule has 0 rings (SSSR count). The van der Waals surface area contributed by atoms with Gasteiger partial charge in [-0.2, -0.15) is 13.7 Å². The Labute approximate surface area is 117 Å². The molecule has 110 valence electrons. The second kappa shape index (κ2) is 11.3. The summed E-state index contributed by atoms with van der Waals surface area (Å²) in [6.45, 7) is 8.11. The quantitative estimate of drug-likeness (QED) is 0.232. The molecule has 0 aliphatic heterocycles. The maximum Gasteiger partial charge on any atom is 0.765 e. The zero-order valence-corrected chi connectivity index (χ0v) is 13.7. The molecule has 18 heavy (non-hydrogen) atoms. The van der Waals surface area contributed by atoms with Crippen LogP contribution in [0.3, 0.4) is 0 Å². The van der Waals surface area contributed by atoms with Crippen molar-refractivity contribution in [2.45, 2.75) is 39.1 Å². The summed E-state index contributed by atoms with van der Waals surface area (Å²) in [7, 11) is -3.66. The fraction of sp³-hybridized carbons (Fsp3) is 1.00. The van der Waals surface area contributed by atoms with E-state index in [1.807, 2.05) is 6.92 Å². The van der Waals surface area contributed by atoms with Crippen molar-refractivity contribution in [3.63, 3.8) is 0 Å². The lowest BCUT2D eigenvalue weighted by molar-refractivity contribution is -0.386. The van der Waals surface area contributed by atoms with Crippen LogP contribution in [0.25, 0.3) is 0 Å². The van der Waals surface area contributed by atoms with Gasteiger partial charge in [-0.1, -0.05) is 22.9 Å². The van der Waals surface area contributed by atoms with Crippen LogP contribution >= 0.6 is 15.9 Å². The maximum absolute atomic E-state index is 5.51. The van der Waals surface area contributed by atoms with Gasteiger partial charge in [0.05, 0.1) is 19.8 Å². The van der Waals surface area contributed by atoms with Crippen LogP contribution in [-0.4, -0.2) is 33.9 Å². The lowest BCUT2D eigenvalue weighted by Gasteiger charge is -2.25. The van der Waals surface area contributed by atoms with Crippen molar-refractivity contribution in [3.8, 4) is 0 Å². The van der Waals surface area contributed by atoms with Gasteiger partial charge >= 0.3 is 9.05 Å². The molecule has 0 aromatic carbocycles. The average Bonchev–Trinajstić information content (AvgIpc) is 2.40. The Kier molecular flexibility index (Phi) is 11.5. The average molecular weight is 349 g/mol. The molecular weight excluding hydrogens is 328 g/mol. The first kappa shape index (κ1) is 18.4. The standard InChI is InChI=1S/C9H21BrO7Si/c1-5-9(10)14-18(15-11-6-2,16-12-7-3)17-13-8-4/h9H,5-8H2,1-4H3. The summed E-state index contributed by atoms with van der Waals surface area (Å²) in [5.74, 6) is 0. The molecule has 0 saturated carbocycles. The van der Waals surface area contributed by atoms with Gasteiger partial charge in [0.15, 0.2) is 0 Å². The van der Waals surface area contributed by atoms with Crippen molar-refractivity contribution in [3.05, 3.63) is 0 Å². The largest absolute Gasteiger partial charge is 0.765 e. The van der Waals surface area contributed by atoms with Crippen LogP contribution < -0.4 is 0 Å².